The highest BCUT2D eigenvalue weighted by Crippen LogP contribution is 2.13. The first-order valence-electron chi connectivity index (χ1n) is 5.81. The van der Waals surface area contributed by atoms with Gasteiger partial charge in [-0.05, 0) is 18.6 Å². The van der Waals surface area contributed by atoms with Crippen LogP contribution in [0.1, 0.15) is 25.3 Å². The lowest BCUT2D eigenvalue weighted by atomic mass is 10.2. The molecule has 4 nitrogen and oxygen atoms in total. The summed E-state index contributed by atoms with van der Waals surface area (Å²) in [7, 11) is -0.932. The molecule has 0 spiro atoms. The molecule has 1 atom stereocenters. The second kappa shape index (κ2) is 7.62. The molecule has 0 aliphatic carbocycles. The summed E-state index contributed by atoms with van der Waals surface area (Å²) in [5.41, 5.74) is 0.937. The van der Waals surface area contributed by atoms with Crippen molar-refractivity contribution in [3.63, 3.8) is 0 Å². The third-order valence-electron chi connectivity index (χ3n) is 2.31. The summed E-state index contributed by atoms with van der Waals surface area (Å²) in [6, 6.07) is 8.83. The van der Waals surface area contributed by atoms with E-state index in [0.717, 1.165) is 6.42 Å². The van der Waals surface area contributed by atoms with Crippen molar-refractivity contribution in [2.45, 2.75) is 19.8 Å². The van der Waals surface area contributed by atoms with E-state index in [0.29, 0.717) is 22.8 Å². The Morgan fingerprint density at radius 2 is 2.11 bits per heavy atom. The maximum absolute atomic E-state index is 11.6. The lowest BCUT2D eigenvalue weighted by Crippen LogP contribution is -2.16. The van der Waals surface area contributed by atoms with Gasteiger partial charge in [-0.2, -0.15) is 5.26 Å². The van der Waals surface area contributed by atoms with Gasteiger partial charge in [0.25, 0.3) is 0 Å². The Hall–Kier alpha value is -1.67. The van der Waals surface area contributed by atoms with Crippen LogP contribution >= 0.6 is 0 Å². The zero-order chi connectivity index (χ0) is 13.4. The molecule has 18 heavy (non-hydrogen) atoms. The predicted octanol–water partition coefficient (Wildman–Crippen LogP) is 2.05. The van der Waals surface area contributed by atoms with Crippen LogP contribution < -0.4 is 5.32 Å². The van der Waals surface area contributed by atoms with Crippen LogP contribution in [0.3, 0.4) is 0 Å². The van der Waals surface area contributed by atoms with Crippen molar-refractivity contribution in [2.75, 3.05) is 16.8 Å². The smallest absolute Gasteiger partial charge is 0.225 e. The number of amides is 1. The van der Waals surface area contributed by atoms with Crippen LogP contribution in [-0.2, 0) is 15.6 Å². The molecule has 1 rings (SSSR count). The van der Waals surface area contributed by atoms with Gasteiger partial charge in [0, 0.05) is 28.7 Å². The SMILES string of the molecule is CCCS(=O)CCC(=O)Nc1ccccc1C#N. The van der Waals surface area contributed by atoms with Crippen LogP contribution in [-0.4, -0.2) is 21.6 Å². The van der Waals surface area contributed by atoms with E-state index >= 15 is 0 Å². The van der Waals surface area contributed by atoms with Crippen LogP contribution in [0.4, 0.5) is 5.69 Å². The lowest BCUT2D eigenvalue weighted by molar-refractivity contribution is -0.115. The zero-order valence-electron chi connectivity index (χ0n) is 10.3. The van der Waals surface area contributed by atoms with E-state index in [1.807, 2.05) is 13.0 Å². The Balaban J connectivity index is 2.50. The van der Waals surface area contributed by atoms with E-state index in [4.69, 9.17) is 5.26 Å². The molecule has 5 heteroatoms. The number of hydrogen-bond donors (Lipinski definition) is 1. The summed E-state index contributed by atoms with van der Waals surface area (Å²) in [6.45, 7) is 1.96. The molecule has 1 N–H and O–H groups in total. The van der Waals surface area contributed by atoms with Crippen LogP contribution in [0.5, 0.6) is 0 Å². The second-order valence-corrected chi connectivity index (χ2v) is 5.50. The maximum Gasteiger partial charge on any atom is 0.225 e. The van der Waals surface area contributed by atoms with Crippen molar-refractivity contribution in [3.05, 3.63) is 29.8 Å². The molecule has 1 amide bonds. The number of carbonyl (C=O) groups is 1. The number of nitriles is 1. The van der Waals surface area contributed by atoms with E-state index < -0.39 is 10.8 Å². The highest BCUT2D eigenvalue weighted by Gasteiger charge is 2.07. The van der Waals surface area contributed by atoms with Gasteiger partial charge in [-0.1, -0.05) is 19.1 Å². The number of nitrogens with one attached hydrogen (secondary N) is 1. The average molecular weight is 264 g/mol. The van der Waals surface area contributed by atoms with Gasteiger partial charge in [0.15, 0.2) is 0 Å². The number of carbonyl (C=O) groups excluding carboxylic acids is 1. The fourth-order valence-corrected chi connectivity index (χ4v) is 2.51. The van der Waals surface area contributed by atoms with E-state index in [1.54, 1.807) is 24.3 Å². The van der Waals surface area contributed by atoms with Gasteiger partial charge >= 0.3 is 0 Å². The predicted molar refractivity (Wildman–Crippen MR) is 72.6 cm³/mol. The molecular formula is C13H16N2O2S. The van der Waals surface area contributed by atoms with Crippen molar-refractivity contribution in [1.29, 1.82) is 5.26 Å². The third-order valence-corrected chi connectivity index (χ3v) is 3.83. The molecule has 0 aromatic heterocycles. The molecule has 0 heterocycles. The summed E-state index contributed by atoms with van der Waals surface area (Å²) in [5, 5.41) is 11.5. The molecule has 1 unspecified atom stereocenters. The number of nitrogens with zero attached hydrogens (tertiary/aromatic N) is 1. The van der Waals surface area contributed by atoms with Crippen molar-refractivity contribution in [1.82, 2.24) is 0 Å². The molecule has 0 saturated heterocycles. The Labute approximate surface area is 109 Å². The number of rotatable bonds is 6. The monoisotopic (exact) mass is 264 g/mol. The zero-order valence-corrected chi connectivity index (χ0v) is 11.1. The van der Waals surface area contributed by atoms with E-state index in [1.165, 1.54) is 0 Å². The van der Waals surface area contributed by atoms with Crippen LogP contribution in [0, 0.1) is 11.3 Å². The maximum atomic E-state index is 11.6. The van der Waals surface area contributed by atoms with Crippen molar-refractivity contribution in [2.24, 2.45) is 0 Å². The van der Waals surface area contributed by atoms with Gasteiger partial charge in [-0.3, -0.25) is 9.00 Å². The minimum Gasteiger partial charge on any atom is -0.325 e. The number of benzene rings is 1. The normalized spacial score (nSPS) is 11.6. The number of hydrogen-bond acceptors (Lipinski definition) is 3. The molecule has 0 aliphatic rings. The largest absolute Gasteiger partial charge is 0.325 e. The molecule has 1 aromatic carbocycles. The Bertz CT molecular complexity index is 480. The number of para-hydroxylation sites is 1. The van der Waals surface area contributed by atoms with Crippen molar-refractivity contribution in [3.8, 4) is 6.07 Å². The van der Waals surface area contributed by atoms with E-state index in [2.05, 4.69) is 5.32 Å². The standard InChI is InChI=1S/C13H16N2O2S/c1-2-8-18(17)9-7-13(16)15-12-6-4-3-5-11(12)10-14/h3-6H,2,7-9H2,1H3,(H,15,16). The molecule has 0 aliphatic heterocycles. The first kappa shape index (κ1) is 14.4. The summed E-state index contributed by atoms with van der Waals surface area (Å²) < 4.78 is 11.4. The average Bonchev–Trinajstić information content (AvgIpc) is 2.37. The topological polar surface area (TPSA) is 70.0 Å². The highest BCUT2D eigenvalue weighted by molar-refractivity contribution is 7.84. The number of anilines is 1. The van der Waals surface area contributed by atoms with Crippen molar-refractivity contribution >= 4 is 22.4 Å². The lowest BCUT2D eigenvalue weighted by Gasteiger charge is -2.06. The van der Waals surface area contributed by atoms with E-state index in [9.17, 15) is 9.00 Å². The fourth-order valence-electron chi connectivity index (χ4n) is 1.44. The Morgan fingerprint density at radius 1 is 1.39 bits per heavy atom. The summed E-state index contributed by atoms with van der Waals surface area (Å²) in [6.07, 6.45) is 1.07. The van der Waals surface area contributed by atoms with Gasteiger partial charge in [0.1, 0.15) is 6.07 Å². The fraction of sp³-hybridized carbons (Fsp3) is 0.385. The van der Waals surface area contributed by atoms with Crippen LogP contribution in [0.2, 0.25) is 0 Å². The van der Waals surface area contributed by atoms with E-state index in [-0.39, 0.29) is 12.3 Å². The van der Waals surface area contributed by atoms with Gasteiger partial charge in [0.2, 0.25) is 5.91 Å². The Kier molecular flexibility index (Phi) is 6.09. The first-order chi connectivity index (χ1) is 8.67. The second-order valence-electron chi connectivity index (χ2n) is 3.80. The van der Waals surface area contributed by atoms with Crippen LogP contribution in [0.15, 0.2) is 24.3 Å². The first-order valence-corrected chi connectivity index (χ1v) is 7.30. The quantitative estimate of drug-likeness (QED) is 0.854. The van der Waals surface area contributed by atoms with Gasteiger partial charge in [-0.25, -0.2) is 0 Å². The third kappa shape index (κ3) is 4.68. The van der Waals surface area contributed by atoms with Gasteiger partial charge in [0.05, 0.1) is 11.3 Å². The molecule has 0 saturated carbocycles. The van der Waals surface area contributed by atoms with Crippen LogP contribution in [0.25, 0.3) is 0 Å². The summed E-state index contributed by atoms with van der Waals surface area (Å²) >= 11 is 0. The summed E-state index contributed by atoms with van der Waals surface area (Å²) in [4.78, 5) is 11.6. The van der Waals surface area contributed by atoms with Crippen molar-refractivity contribution < 1.29 is 9.00 Å². The molecular weight excluding hydrogens is 248 g/mol. The summed E-state index contributed by atoms with van der Waals surface area (Å²) in [5.74, 6) is 0.790. The molecule has 1 aromatic rings. The molecule has 0 radical (unpaired) electrons. The minimum atomic E-state index is -0.932. The molecule has 96 valence electrons. The minimum absolute atomic E-state index is 0.206. The Morgan fingerprint density at radius 3 is 2.78 bits per heavy atom. The highest BCUT2D eigenvalue weighted by atomic mass is 32.2. The van der Waals surface area contributed by atoms with Gasteiger partial charge < -0.3 is 5.32 Å². The molecule has 0 fully saturated rings. The van der Waals surface area contributed by atoms with Gasteiger partial charge in [-0.15, -0.1) is 0 Å². The molecule has 0 bridgehead atoms.